The molecule has 21 heavy (non-hydrogen) atoms. The first-order valence-electron chi connectivity index (χ1n) is 8.19. The summed E-state index contributed by atoms with van der Waals surface area (Å²) in [6.07, 6.45) is 6.00. The molecule has 1 aliphatic heterocycles. The molecule has 5 nitrogen and oxygen atoms in total. The van der Waals surface area contributed by atoms with Crippen molar-refractivity contribution < 1.29 is 14.7 Å². The van der Waals surface area contributed by atoms with Crippen molar-refractivity contribution in [2.24, 2.45) is 11.3 Å². The molecule has 0 aromatic carbocycles. The summed E-state index contributed by atoms with van der Waals surface area (Å²) in [5, 5.41) is 15.7. The highest BCUT2D eigenvalue weighted by Gasteiger charge is 2.46. The van der Waals surface area contributed by atoms with Gasteiger partial charge in [0.1, 0.15) is 6.04 Å². The van der Waals surface area contributed by atoms with Crippen molar-refractivity contribution in [3.05, 3.63) is 0 Å². The molecule has 2 amide bonds. The maximum atomic E-state index is 12.5. The van der Waals surface area contributed by atoms with E-state index in [-0.39, 0.29) is 35.8 Å². The van der Waals surface area contributed by atoms with Crippen molar-refractivity contribution in [3.63, 3.8) is 0 Å². The molecule has 1 heterocycles. The van der Waals surface area contributed by atoms with E-state index >= 15 is 0 Å². The van der Waals surface area contributed by atoms with Crippen LogP contribution in [0.4, 0.5) is 0 Å². The van der Waals surface area contributed by atoms with Gasteiger partial charge in [-0.3, -0.25) is 9.59 Å². The molecule has 120 valence electrons. The number of aliphatic hydroxyl groups excluding tert-OH is 1. The van der Waals surface area contributed by atoms with Gasteiger partial charge in [-0.25, -0.2) is 0 Å². The third kappa shape index (κ3) is 3.57. The van der Waals surface area contributed by atoms with E-state index in [0.29, 0.717) is 12.8 Å². The zero-order valence-corrected chi connectivity index (χ0v) is 13.2. The molecule has 0 spiro atoms. The molecule has 2 atom stereocenters. The van der Waals surface area contributed by atoms with Crippen LogP contribution in [0.5, 0.6) is 0 Å². The molecule has 2 aliphatic rings. The lowest BCUT2D eigenvalue weighted by atomic mass is 9.62. The summed E-state index contributed by atoms with van der Waals surface area (Å²) >= 11 is 0. The number of hydrogen-bond acceptors (Lipinski definition) is 3. The van der Waals surface area contributed by atoms with E-state index in [4.69, 9.17) is 0 Å². The summed E-state index contributed by atoms with van der Waals surface area (Å²) in [6.45, 7) is 4.27. The molecule has 0 bridgehead atoms. The largest absolute Gasteiger partial charge is 0.396 e. The van der Waals surface area contributed by atoms with Crippen molar-refractivity contribution in [2.45, 2.75) is 70.9 Å². The van der Waals surface area contributed by atoms with Crippen LogP contribution < -0.4 is 10.6 Å². The lowest BCUT2D eigenvalue weighted by Crippen LogP contribution is -2.59. The molecule has 1 aliphatic carbocycles. The highest BCUT2D eigenvalue weighted by molar-refractivity contribution is 5.88. The molecule has 0 unspecified atom stereocenters. The van der Waals surface area contributed by atoms with Gasteiger partial charge in [-0.1, -0.05) is 26.7 Å². The first-order valence-corrected chi connectivity index (χ1v) is 8.19. The van der Waals surface area contributed by atoms with Crippen LogP contribution >= 0.6 is 0 Å². The van der Waals surface area contributed by atoms with Gasteiger partial charge in [0, 0.05) is 17.9 Å². The standard InChI is InChI=1S/C16H28N2O3/c1-11(2)14(16(10-19)8-5-9-16)18-15(21)12-6-3-4-7-13(20)17-12/h11-12,14,19H,3-10H2,1-2H3,(H,17,20)(H,18,21)/t12-,14+/m1/s1. The summed E-state index contributed by atoms with van der Waals surface area (Å²) in [7, 11) is 0. The fourth-order valence-electron chi connectivity index (χ4n) is 3.65. The quantitative estimate of drug-likeness (QED) is 0.716. The van der Waals surface area contributed by atoms with E-state index < -0.39 is 6.04 Å². The topological polar surface area (TPSA) is 78.4 Å². The second kappa shape index (κ2) is 6.77. The zero-order chi connectivity index (χ0) is 15.5. The van der Waals surface area contributed by atoms with Crippen LogP contribution in [0, 0.1) is 11.3 Å². The number of hydrogen-bond donors (Lipinski definition) is 3. The molecule has 2 rings (SSSR count). The van der Waals surface area contributed by atoms with Gasteiger partial charge in [-0.15, -0.1) is 0 Å². The molecule has 0 aromatic rings. The van der Waals surface area contributed by atoms with Crippen LogP contribution in [0.15, 0.2) is 0 Å². The molecule has 5 heteroatoms. The summed E-state index contributed by atoms with van der Waals surface area (Å²) in [6, 6.07) is -0.444. The predicted molar refractivity (Wildman–Crippen MR) is 80.5 cm³/mol. The molecule has 1 saturated heterocycles. The van der Waals surface area contributed by atoms with Gasteiger partial charge in [0.15, 0.2) is 0 Å². The molecule has 1 saturated carbocycles. The van der Waals surface area contributed by atoms with Crippen LogP contribution in [-0.2, 0) is 9.59 Å². The molecule has 0 aromatic heterocycles. The summed E-state index contributed by atoms with van der Waals surface area (Å²) in [4.78, 5) is 24.1. The van der Waals surface area contributed by atoms with E-state index in [0.717, 1.165) is 32.1 Å². The predicted octanol–water partition coefficient (Wildman–Crippen LogP) is 1.35. The molecule has 2 fully saturated rings. The lowest BCUT2D eigenvalue weighted by Gasteiger charge is -2.48. The van der Waals surface area contributed by atoms with Gasteiger partial charge in [0.25, 0.3) is 0 Å². The minimum Gasteiger partial charge on any atom is -0.396 e. The van der Waals surface area contributed by atoms with Crippen LogP contribution in [0.25, 0.3) is 0 Å². The molecule has 3 N–H and O–H groups in total. The van der Waals surface area contributed by atoms with Gasteiger partial charge in [-0.05, 0) is 31.6 Å². The third-order valence-corrected chi connectivity index (χ3v) is 5.09. The second-order valence-electron chi connectivity index (χ2n) is 6.97. The number of aliphatic hydroxyl groups is 1. The molecular formula is C16H28N2O3. The minimum absolute atomic E-state index is 0.0242. The van der Waals surface area contributed by atoms with Gasteiger partial charge < -0.3 is 15.7 Å². The fraction of sp³-hybridized carbons (Fsp3) is 0.875. The highest BCUT2D eigenvalue weighted by atomic mass is 16.3. The first-order chi connectivity index (χ1) is 9.98. The average Bonchev–Trinajstić information content (AvgIpc) is 2.61. The van der Waals surface area contributed by atoms with Gasteiger partial charge >= 0.3 is 0 Å². The number of nitrogens with one attached hydrogen (secondary N) is 2. The maximum absolute atomic E-state index is 12.5. The summed E-state index contributed by atoms with van der Waals surface area (Å²) in [5.41, 5.74) is -0.168. The average molecular weight is 296 g/mol. The molecular weight excluding hydrogens is 268 g/mol. The lowest BCUT2D eigenvalue weighted by molar-refractivity contribution is -0.131. The number of amides is 2. The Hall–Kier alpha value is -1.10. The van der Waals surface area contributed by atoms with Gasteiger partial charge in [0.2, 0.25) is 11.8 Å². The number of carbonyl (C=O) groups is 2. The normalized spacial score (nSPS) is 26.5. The van der Waals surface area contributed by atoms with Crippen molar-refractivity contribution in [1.29, 1.82) is 0 Å². The Morgan fingerprint density at radius 1 is 1.38 bits per heavy atom. The fourth-order valence-corrected chi connectivity index (χ4v) is 3.65. The molecule has 0 radical (unpaired) electrons. The number of carbonyl (C=O) groups excluding carboxylic acids is 2. The van der Waals surface area contributed by atoms with Crippen LogP contribution in [-0.4, -0.2) is 35.6 Å². The Balaban J connectivity index is 2.02. The first kappa shape index (κ1) is 16.3. The Bertz CT molecular complexity index is 385. The van der Waals surface area contributed by atoms with E-state index in [2.05, 4.69) is 24.5 Å². The summed E-state index contributed by atoms with van der Waals surface area (Å²) in [5.74, 6) is 0.140. The van der Waals surface area contributed by atoms with Crippen LogP contribution in [0.3, 0.4) is 0 Å². The van der Waals surface area contributed by atoms with Crippen LogP contribution in [0.2, 0.25) is 0 Å². The number of rotatable bonds is 5. The Labute approximate surface area is 126 Å². The van der Waals surface area contributed by atoms with Crippen molar-refractivity contribution in [3.8, 4) is 0 Å². The van der Waals surface area contributed by atoms with Crippen molar-refractivity contribution in [1.82, 2.24) is 10.6 Å². The Morgan fingerprint density at radius 3 is 2.62 bits per heavy atom. The van der Waals surface area contributed by atoms with E-state index in [9.17, 15) is 14.7 Å². The minimum atomic E-state index is -0.419. The second-order valence-corrected chi connectivity index (χ2v) is 6.97. The van der Waals surface area contributed by atoms with E-state index in [1.54, 1.807) is 0 Å². The monoisotopic (exact) mass is 296 g/mol. The van der Waals surface area contributed by atoms with Gasteiger partial charge in [-0.2, -0.15) is 0 Å². The Morgan fingerprint density at radius 2 is 2.10 bits per heavy atom. The SMILES string of the molecule is CC(C)[C@H](NC(=O)[C@H]1CCCCC(=O)N1)C1(CO)CCC1. The third-order valence-electron chi connectivity index (χ3n) is 5.09. The smallest absolute Gasteiger partial charge is 0.242 e. The van der Waals surface area contributed by atoms with Gasteiger partial charge in [0.05, 0.1) is 6.61 Å². The highest BCUT2D eigenvalue weighted by Crippen LogP contribution is 2.45. The van der Waals surface area contributed by atoms with E-state index in [1.807, 2.05) is 0 Å². The van der Waals surface area contributed by atoms with Crippen LogP contribution in [0.1, 0.15) is 58.8 Å². The Kier molecular flexibility index (Phi) is 5.25. The van der Waals surface area contributed by atoms with Crippen molar-refractivity contribution >= 4 is 11.8 Å². The van der Waals surface area contributed by atoms with Crippen molar-refractivity contribution in [2.75, 3.05) is 6.61 Å². The van der Waals surface area contributed by atoms with E-state index in [1.165, 1.54) is 0 Å². The maximum Gasteiger partial charge on any atom is 0.242 e. The zero-order valence-electron chi connectivity index (χ0n) is 13.2. The summed E-state index contributed by atoms with van der Waals surface area (Å²) < 4.78 is 0.